The molecule has 2 N–H and O–H groups in total. The molecule has 0 saturated carbocycles. The van der Waals surface area contributed by atoms with Crippen molar-refractivity contribution in [2.24, 2.45) is 0 Å². The van der Waals surface area contributed by atoms with Crippen LogP contribution in [0.2, 0.25) is 0 Å². The van der Waals surface area contributed by atoms with Gasteiger partial charge in [0.2, 0.25) is 5.91 Å². The van der Waals surface area contributed by atoms with Crippen LogP contribution in [0.4, 0.5) is 0 Å². The molecule has 0 atom stereocenters. The Hall–Kier alpha value is -2.62. The zero-order valence-corrected chi connectivity index (χ0v) is 13.0. The van der Waals surface area contributed by atoms with Crippen LogP contribution in [0, 0.1) is 0 Å². The number of hydrogen-bond donors (Lipinski definition) is 2. The number of fused-ring (bicyclic) bond motifs is 1. The summed E-state index contributed by atoms with van der Waals surface area (Å²) in [5.41, 5.74) is 3.20. The number of amides is 1. The molecule has 2 aromatic rings. The zero-order valence-electron chi connectivity index (χ0n) is 13.0. The van der Waals surface area contributed by atoms with Gasteiger partial charge in [0.05, 0.1) is 12.0 Å². The molecule has 1 amide bonds. The molecule has 4 nitrogen and oxygen atoms in total. The molecule has 2 aromatic carbocycles. The Bertz CT molecular complexity index is 742. The molecule has 1 aliphatic carbocycles. The van der Waals surface area contributed by atoms with Crippen LogP contribution in [-0.4, -0.2) is 22.5 Å². The molecule has 0 fully saturated rings. The Labute approximate surface area is 135 Å². The lowest BCUT2D eigenvalue weighted by atomic mass is 9.97. The first-order valence-corrected chi connectivity index (χ1v) is 7.65. The lowest BCUT2D eigenvalue weighted by Crippen LogP contribution is -2.47. The topological polar surface area (TPSA) is 66.4 Å². The molecule has 0 saturated heterocycles. The zero-order chi connectivity index (χ0) is 16.4. The SMILES string of the molecule is CC1(NC(=O)Cc2cccc(C(=O)O)c2)Cc2ccccc2C1. The third-order valence-corrected chi connectivity index (χ3v) is 4.26. The lowest BCUT2D eigenvalue weighted by Gasteiger charge is -2.25. The summed E-state index contributed by atoms with van der Waals surface area (Å²) < 4.78 is 0. The number of benzene rings is 2. The predicted molar refractivity (Wildman–Crippen MR) is 87.5 cm³/mol. The maximum atomic E-state index is 12.3. The fraction of sp³-hybridized carbons (Fsp3) is 0.263. The summed E-state index contributed by atoms with van der Waals surface area (Å²) in [6.07, 6.45) is 1.83. The maximum Gasteiger partial charge on any atom is 0.335 e. The Balaban J connectivity index is 1.66. The smallest absolute Gasteiger partial charge is 0.335 e. The van der Waals surface area contributed by atoms with Crippen molar-refractivity contribution in [3.05, 3.63) is 70.8 Å². The van der Waals surface area contributed by atoms with Gasteiger partial charge in [-0.15, -0.1) is 0 Å². The van der Waals surface area contributed by atoms with Crippen molar-refractivity contribution in [2.45, 2.75) is 31.7 Å². The van der Waals surface area contributed by atoms with Gasteiger partial charge in [-0.2, -0.15) is 0 Å². The minimum absolute atomic E-state index is 0.0807. The van der Waals surface area contributed by atoms with Crippen molar-refractivity contribution in [1.29, 1.82) is 0 Å². The summed E-state index contributed by atoms with van der Waals surface area (Å²) in [6, 6.07) is 14.8. The van der Waals surface area contributed by atoms with Gasteiger partial charge >= 0.3 is 5.97 Å². The molecule has 0 unspecified atom stereocenters. The molecule has 0 radical (unpaired) electrons. The molecule has 1 aliphatic rings. The number of hydrogen-bond acceptors (Lipinski definition) is 2. The van der Waals surface area contributed by atoms with E-state index in [9.17, 15) is 9.59 Å². The summed E-state index contributed by atoms with van der Waals surface area (Å²) in [6.45, 7) is 2.05. The molecular weight excluding hydrogens is 290 g/mol. The van der Waals surface area contributed by atoms with Gasteiger partial charge in [0.25, 0.3) is 0 Å². The number of carboxylic acid groups (broad SMARTS) is 1. The van der Waals surface area contributed by atoms with E-state index in [1.807, 2.05) is 12.1 Å². The molecule has 0 aromatic heterocycles. The second-order valence-electron chi connectivity index (χ2n) is 6.41. The van der Waals surface area contributed by atoms with E-state index in [0.717, 1.165) is 12.8 Å². The Morgan fingerprint density at radius 1 is 1.09 bits per heavy atom. The van der Waals surface area contributed by atoms with Crippen LogP contribution in [-0.2, 0) is 24.1 Å². The minimum atomic E-state index is -0.981. The van der Waals surface area contributed by atoms with Crippen molar-refractivity contribution in [2.75, 3.05) is 0 Å². The predicted octanol–water partition coefficient (Wildman–Crippen LogP) is 2.60. The minimum Gasteiger partial charge on any atom is -0.478 e. The molecule has 0 aliphatic heterocycles. The summed E-state index contributed by atoms with van der Waals surface area (Å²) >= 11 is 0. The van der Waals surface area contributed by atoms with Gasteiger partial charge in [-0.1, -0.05) is 36.4 Å². The highest BCUT2D eigenvalue weighted by Crippen LogP contribution is 2.29. The number of aromatic carboxylic acids is 1. The monoisotopic (exact) mass is 309 g/mol. The first-order valence-electron chi connectivity index (χ1n) is 7.65. The summed E-state index contributed by atoms with van der Waals surface area (Å²) in [4.78, 5) is 23.3. The number of nitrogens with one attached hydrogen (secondary N) is 1. The van der Waals surface area contributed by atoms with Gasteiger partial charge < -0.3 is 10.4 Å². The second kappa shape index (κ2) is 5.88. The largest absolute Gasteiger partial charge is 0.478 e. The van der Waals surface area contributed by atoms with Crippen LogP contribution in [0.25, 0.3) is 0 Å². The fourth-order valence-corrected chi connectivity index (χ4v) is 3.27. The highest BCUT2D eigenvalue weighted by Gasteiger charge is 2.33. The Kier molecular flexibility index (Phi) is 3.90. The van der Waals surface area contributed by atoms with Crippen LogP contribution in [0.3, 0.4) is 0 Å². The van der Waals surface area contributed by atoms with Crippen LogP contribution >= 0.6 is 0 Å². The molecular formula is C19H19NO3. The van der Waals surface area contributed by atoms with Crippen LogP contribution < -0.4 is 5.32 Å². The first-order chi connectivity index (χ1) is 11.0. The molecule has 0 spiro atoms. The molecule has 4 heteroatoms. The summed E-state index contributed by atoms with van der Waals surface area (Å²) in [7, 11) is 0. The van der Waals surface area contributed by atoms with Gasteiger partial charge in [-0.05, 0) is 48.6 Å². The van der Waals surface area contributed by atoms with Gasteiger partial charge in [0.15, 0.2) is 0 Å². The summed E-state index contributed by atoms with van der Waals surface area (Å²) in [5, 5.41) is 12.1. The highest BCUT2D eigenvalue weighted by molar-refractivity contribution is 5.88. The van der Waals surface area contributed by atoms with Crippen molar-refractivity contribution in [3.63, 3.8) is 0 Å². The molecule has 23 heavy (non-hydrogen) atoms. The fourth-order valence-electron chi connectivity index (χ4n) is 3.27. The molecule has 0 heterocycles. The van der Waals surface area contributed by atoms with E-state index in [2.05, 4.69) is 24.4 Å². The Morgan fingerprint density at radius 2 is 1.74 bits per heavy atom. The van der Waals surface area contributed by atoms with E-state index in [0.29, 0.717) is 5.56 Å². The maximum absolute atomic E-state index is 12.3. The normalized spacial score (nSPS) is 15.0. The van der Waals surface area contributed by atoms with Crippen molar-refractivity contribution < 1.29 is 14.7 Å². The van der Waals surface area contributed by atoms with Crippen molar-refractivity contribution in [3.8, 4) is 0 Å². The summed E-state index contributed by atoms with van der Waals surface area (Å²) in [5.74, 6) is -1.06. The third kappa shape index (κ3) is 3.42. The highest BCUT2D eigenvalue weighted by atomic mass is 16.4. The lowest BCUT2D eigenvalue weighted by molar-refractivity contribution is -0.122. The molecule has 0 bridgehead atoms. The number of carbonyl (C=O) groups is 2. The van der Waals surface area contributed by atoms with Crippen LogP contribution in [0.1, 0.15) is 34.0 Å². The third-order valence-electron chi connectivity index (χ3n) is 4.26. The van der Waals surface area contributed by atoms with Crippen molar-refractivity contribution in [1.82, 2.24) is 5.32 Å². The second-order valence-corrected chi connectivity index (χ2v) is 6.41. The van der Waals surface area contributed by atoms with Gasteiger partial charge in [0.1, 0.15) is 0 Å². The number of carbonyl (C=O) groups excluding carboxylic acids is 1. The van der Waals surface area contributed by atoms with E-state index in [4.69, 9.17) is 5.11 Å². The van der Waals surface area contributed by atoms with Gasteiger partial charge in [-0.25, -0.2) is 4.79 Å². The standard InChI is InChI=1S/C19H19NO3/c1-19(11-15-6-2-3-7-16(15)12-19)20-17(21)10-13-5-4-8-14(9-13)18(22)23/h2-9H,10-12H2,1H3,(H,20,21)(H,22,23). The average molecular weight is 309 g/mol. The van der Waals surface area contributed by atoms with E-state index >= 15 is 0 Å². The van der Waals surface area contributed by atoms with Gasteiger partial charge in [0, 0.05) is 5.54 Å². The van der Waals surface area contributed by atoms with E-state index in [-0.39, 0.29) is 23.4 Å². The number of rotatable bonds is 4. The number of carboxylic acids is 1. The van der Waals surface area contributed by atoms with Crippen molar-refractivity contribution >= 4 is 11.9 Å². The van der Waals surface area contributed by atoms with E-state index in [1.165, 1.54) is 17.2 Å². The average Bonchev–Trinajstić information content (AvgIpc) is 2.82. The molecule has 3 rings (SSSR count). The van der Waals surface area contributed by atoms with Crippen LogP contribution in [0.5, 0.6) is 0 Å². The molecule has 118 valence electrons. The van der Waals surface area contributed by atoms with E-state index < -0.39 is 5.97 Å². The van der Waals surface area contributed by atoms with Gasteiger partial charge in [-0.3, -0.25) is 4.79 Å². The quantitative estimate of drug-likeness (QED) is 0.912. The Morgan fingerprint density at radius 3 is 2.35 bits per heavy atom. The van der Waals surface area contributed by atoms with Crippen LogP contribution in [0.15, 0.2) is 48.5 Å². The van der Waals surface area contributed by atoms with E-state index in [1.54, 1.807) is 18.2 Å². The first kappa shape index (κ1) is 15.3.